The maximum absolute atomic E-state index is 9.72. The number of phenols is 4. The van der Waals surface area contributed by atoms with Crippen molar-refractivity contribution in [3.8, 4) is 28.7 Å². The molecule has 0 aliphatic heterocycles. The molecule has 96 valence electrons. The number of aromatic hydroxyl groups is 4. The largest absolute Gasteiger partial charge is 0.508 e. The molecule has 3 rings (SSSR count). The predicted octanol–water partition coefficient (Wildman–Crippen LogP) is 1.24. The normalized spacial score (nSPS) is 10.9. The second-order valence-electron chi connectivity index (χ2n) is 4.00. The van der Waals surface area contributed by atoms with Gasteiger partial charge in [-0.2, -0.15) is 0 Å². The Morgan fingerprint density at radius 1 is 0.789 bits per heavy atom. The number of hydrogen-bond acceptors (Lipinski definition) is 6. The molecule has 7 heteroatoms. The van der Waals surface area contributed by atoms with Gasteiger partial charge in [0.15, 0.2) is 5.52 Å². The molecule has 1 heterocycles. The molecule has 19 heavy (non-hydrogen) atoms. The first-order chi connectivity index (χ1) is 9.04. The predicted molar refractivity (Wildman–Crippen MR) is 65.5 cm³/mol. The Hall–Kier alpha value is -2.96. The summed E-state index contributed by atoms with van der Waals surface area (Å²) < 4.78 is 0. The first kappa shape index (κ1) is 11.1. The summed E-state index contributed by atoms with van der Waals surface area (Å²) in [7, 11) is 0. The second kappa shape index (κ2) is 3.77. The summed E-state index contributed by atoms with van der Waals surface area (Å²) in [6, 6.07) is 6.45. The molecule has 0 radical (unpaired) electrons. The third kappa shape index (κ3) is 1.77. The van der Waals surface area contributed by atoms with E-state index in [2.05, 4.69) is 10.2 Å². The average molecular weight is 259 g/mol. The molecule has 4 N–H and O–H groups in total. The number of hydrogen-bond donors (Lipinski definition) is 4. The Morgan fingerprint density at radius 2 is 1.53 bits per heavy atom. The summed E-state index contributed by atoms with van der Waals surface area (Å²) in [6.07, 6.45) is 0. The van der Waals surface area contributed by atoms with Gasteiger partial charge in [-0.1, -0.05) is 0 Å². The quantitative estimate of drug-likeness (QED) is 0.523. The smallest absolute Gasteiger partial charge is 0.155 e. The van der Waals surface area contributed by atoms with Crippen LogP contribution in [0.15, 0.2) is 30.3 Å². The molecular formula is C12H9N3O4. The zero-order valence-electron chi connectivity index (χ0n) is 9.52. The Balaban J connectivity index is 2.23. The van der Waals surface area contributed by atoms with Crippen molar-refractivity contribution >= 4 is 11.0 Å². The number of rotatable bonds is 1. The molecule has 0 amide bonds. The van der Waals surface area contributed by atoms with Gasteiger partial charge in [-0.15, -0.1) is 15.0 Å². The van der Waals surface area contributed by atoms with Crippen molar-refractivity contribution in [1.29, 1.82) is 0 Å². The van der Waals surface area contributed by atoms with Gasteiger partial charge in [0, 0.05) is 18.2 Å². The Labute approximate surface area is 106 Å². The molecule has 0 fully saturated rings. The molecular weight excluding hydrogens is 250 g/mol. The number of aromatic nitrogens is 3. The zero-order chi connectivity index (χ0) is 13.6. The molecule has 1 aromatic heterocycles. The first-order valence-corrected chi connectivity index (χ1v) is 5.36. The van der Waals surface area contributed by atoms with Crippen molar-refractivity contribution in [2.75, 3.05) is 0 Å². The summed E-state index contributed by atoms with van der Waals surface area (Å²) >= 11 is 0. The fourth-order valence-electron chi connectivity index (χ4n) is 1.78. The average Bonchev–Trinajstić information content (AvgIpc) is 2.72. The van der Waals surface area contributed by atoms with Crippen LogP contribution in [0.4, 0.5) is 0 Å². The molecule has 3 aromatic rings. The minimum atomic E-state index is -0.209. The maximum atomic E-state index is 9.72. The van der Waals surface area contributed by atoms with E-state index in [9.17, 15) is 20.4 Å². The third-order valence-electron chi connectivity index (χ3n) is 2.63. The summed E-state index contributed by atoms with van der Waals surface area (Å²) in [5.74, 6) is -0.631. The topological polar surface area (TPSA) is 112 Å². The van der Waals surface area contributed by atoms with Crippen LogP contribution in [-0.4, -0.2) is 35.4 Å². The number of fused-ring (bicyclic) bond motifs is 1. The molecule has 0 aliphatic rings. The maximum Gasteiger partial charge on any atom is 0.155 e. The van der Waals surface area contributed by atoms with E-state index in [-0.39, 0.29) is 39.7 Å². The van der Waals surface area contributed by atoms with Crippen molar-refractivity contribution in [2.24, 2.45) is 0 Å². The van der Waals surface area contributed by atoms with Gasteiger partial charge in [0.2, 0.25) is 0 Å². The molecule has 0 bridgehead atoms. The van der Waals surface area contributed by atoms with Gasteiger partial charge in [0.1, 0.15) is 34.2 Å². The van der Waals surface area contributed by atoms with Crippen LogP contribution >= 0.6 is 0 Å². The molecule has 0 aliphatic carbocycles. The van der Waals surface area contributed by atoms with Crippen LogP contribution in [0.25, 0.3) is 16.7 Å². The second-order valence-corrected chi connectivity index (χ2v) is 4.00. The number of nitrogens with zero attached hydrogens (tertiary/aromatic N) is 3. The number of phenolic OH excluding ortho intramolecular Hbond substituents is 4. The van der Waals surface area contributed by atoms with Crippen LogP contribution in [0.3, 0.4) is 0 Å². The zero-order valence-corrected chi connectivity index (χ0v) is 9.52. The van der Waals surface area contributed by atoms with Gasteiger partial charge in [0.25, 0.3) is 0 Å². The fourth-order valence-corrected chi connectivity index (χ4v) is 1.78. The van der Waals surface area contributed by atoms with Gasteiger partial charge in [-0.05, 0) is 12.1 Å². The summed E-state index contributed by atoms with van der Waals surface area (Å²) in [4.78, 5) is 1.11. The summed E-state index contributed by atoms with van der Waals surface area (Å²) in [5, 5.41) is 46.0. The molecule has 0 atom stereocenters. The Kier molecular flexibility index (Phi) is 2.21. The van der Waals surface area contributed by atoms with Crippen molar-refractivity contribution in [3.05, 3.63) is 30.3 Å². The molecule has 0 unspecified atom stereocenters. The minimum Gasteiger partial charge on any atom is -0.508 e. The van der Waals surface area contributed by atoms with Gasteiger partial charge >= 0.3 is 0 Å². The SMILES string of the molecule is Oc1ccc(-n2nc3cc(O)cc(O)c3n2)c(O)c1. The Morgan fingerprint density at radius 3 is 2.26 bits per heavy atom. The highest BCUT2D eigenvalue weighted by Crippen LogP contribution is 2.30. The number of benzene rings is 2. The van der Waals surface area contributed by atoms with Crippen molar-refractivity contribution < 1.29 is 20.4 Å². The first-order valence-electron chi connectivity index (χ1n) is 5.36. The van der Waals surface area contributed by atoms with E-state index in [0.29, 0.717) is 0 Å². The highest BCUT2D eigenvalue weighted by atomic mass is 16.3. The monoisotopic (exact) mass is 259 g/mol. The molecule has 2 aromatic carbocycles. The van der Waals surface area contributed by atoms with E-state index >= 15 is 0 Å². The van der Waals surface area contributed by atoms with E-state index in [1.54, 1.807) is 0 Å². The molecule has 0 spiro atoms. The summed E-state index contributed by atoms with van der Waals surface area (Å²) in [6.45, 7) is 0. The fraction of sp³-hybridized carbons (Fsp3) is 0. The van der Waals surface area contributed by atoms with Crippen molar-refractivity contribution in [1.82, 2.24) is 15.0 Å². The molecule has 7 nitrogen and oxygen atoms in total. The third-order valence-corrected chi connectivity index (χ3v) is 2.63. The van der Waals surface area contributed by atoms with Gasteiger partial charge < -0.3 is 20.4 Å². The highest BCUT2D eigenvalue weighted by Gasteiger charge is 2.12. The standard InChI is InChI=1S/C12H9N3O4/c16-6-1-2-9(10(18)4-6)15-13-8-3-7(17)5-11(19)12(8)14-15/h1-5,16-19H. The van der Waals surface area contributed by atoms with Gasteiger partial charge in [-0.3, -0.25) is 0 Å². The highest BCUT2D eigenvalue weighted by molar-refractivity contribution is 5.82. The Bertz CT molecular complexity index is 782. The van der Waals surface area contributed by atoms with E-state index in [1.165, 1.54) is 18.2 Å². The van der Waals surface area contributed by atoms with Crippen LogP contribution in [0.2, 0.25) is 0 Å². The lowest BCUT2D eigenvalue weighted by Crippen LogP contribution is -1.98. The lowest BCUT2D eigenvalue weighted by Gasteiger charge is -2.02. The molecule has 0 saturated carbocycles. The van der Waals surface area contributed by atoms with Crippen LogP contribution < -0.4 is 0 Å². The lowest BCUT2D eigenvalue weighted by molar-refractivity contribution is 0.445. The van der Waals surface area contributed by atoms with Crippen molar-refractivity contribution in [2.45, 2.75) is 0 Å². The summed E-state index contributed by atoms with van der Waals surface area (Å²) in [5.41, 5.74) is 0.725. The van der Waals surface area contributed by atoms with Crippen molar-refractivity contribution in [3.63, 3.8) is 0 Å². The molecule has 0 saturated heterocycles. The minimum absolute atomic E-state index is 0.0848. The van der Waals surface area contributed by atoms with E-state index in [1.807, 2.05) is 0 Å². The van der Waals surface area contributed by atoms with Gasteiger partial charge in [0.05, 0.1) is 0 Å². The van der Waals surface area contributed by atoms with Gasteiger partial charge in [-0.25, -0.2) is 0 Å². The lowest BCUT2D eigenvalue weighted by atomic mass is 10.3. The van der Waals surface area contributed by atoms with Crippen LogP contribution in [0.1, 0.15) is 0 Å². The van der Waals surface area contributed by atoms with E-state index < -0.39 is 0 Å². The van der Waals surface area contributed by atoms with E-state index in [0.717, 1.165) is 16.9 Å². The van der Waals surface area contributed by atoms with Crippen LogP contribution in [0, 0.1) is 0 Å². The van der Waals surface area contributed by atoms with E-state index in [4.69, 9.17) is 0 Å². The van der Waals surface area contributed by atoms with Crippen LogP contribution in [0.5, 0.6) is 23.0 Å². The van der Waals surface area contributed by atoms with Crippen LogP contribution in [-0.2, 0) is 0 Å².